The van der Waals surface area contributed by atoms with Crippen LogP contribution in [-0.2, 0) is 24.4 Å². The van der Waals surface area contributed by atoms with Crippen LogP contribution in [0, 0.1) is 5.92 Å². The van der Waals surface area contributed by atoms with Crippen molar-refractivity contribution in [1.29, 1.82) is 0 Å². The van der Waals surface area contributed by atoms with E-state index in [2.05, 4.69) is 36.6 Å². The number of hydrogen-bond donors (Lipinski definition) is 5. The fourth-order valence-electron chi connectivity index (χ4n) is 4.78. The Hall–Kier alpha value is -2.41. The van der Waals surface area contributed by atoms with Crippen molar-refractivity contribution >= 4 is 5.91 Å². The van der Waals surface area contributed by atoms with Gasteiger partial charge in [0.2, 0.25) is 5.91 Å². The second kappa shape index (κ2) is 12.3. The normalized spacial score (nSPS) is 15.8. The summed E-state index contributed by atoms with van der Waals surface area (Å²) in [6.45, 7) is 4.80. The number of hydrogen-bond acceptors (Lipinski definition) is 5. The largest absolute Gasteiger partial charge is 0.508 e. The van der Waals surface area contributed by atoms with Gasteiger partial charge < -0.3 is 26.0 Å². The maximum atomic E-state index is 12.4. The number of aliphatic hydroxyl groups excluding tert-OH is 2. The van der Waals surface area contributed by atoms with Gasteiger partial charge in [-0.1, -0.05) is 49.6 Å². The van der Waals surface area contributed by atoms with E-state index in [0.717, 1.165) is 12.0 Å². The molecular formula is C28H40N2O4. The summed E-state index contributed by atoms with van der Waals surface area (Å²) in [5.41, 5.74) is 3.04. The molecule has 0 bridgehead atoms. The summed E-state index contributed by atoms with van der Waals surface area (Å²) < 4.78 is 0. The molecule has 1 aliphatic carbocycles. The Bertz CT molecular complexity index is 938. The average molecular weight is 469 g/mol. The summed E-state index contributed by atoms with van der Waals surface area (Å²) >= 11 is 0. The van der Waals surface area contributed by atoms with E-state index < -0.39 is 6.10 Å². The fraction of sp³-hybridized carbons (Fsp3) is 0.536. The van der Waals surface area contributed by atoms with Crippen molar-refractivity contribution in [3.05, 3.63) is 64.7 Å². The van der Waals surface area contributed by atoms with Crippen molar-refractivity contribution < 1.29 is 20.1 Å². The number of aromatic hydroxyl groups is 1. The molecule has 0 unspecified atom stereocenters. The van der Waals surface area contributed by atoms with Crippen molar-refractivity contribution in [2.45, 2.75) is 83.6 Å². The van der Waals surface area contributed by atoms with Gasteiger partial charge >= 0.3 is 0 Å². The molecule has 2 aromatic rings. The number of nitrogens with one attached hydrogen (secondary N) is 2. The molecule has 6 nitrogen and oxygen atoms in total. The van der Waals surface area contributed by atoms with E-state index >= 15 is 0 Å². The maximum absolute atomic E-state index is 12.4. The highest BCUT2D eigenvalue weighted by Gasteiger charge is 2.21. The second-order valence-electron chi connectivity index (χ2n) is 10.3. The van der Waals surface area contributed by atoms with Gasteiger partial charge in [-0.05, 0) is 67.9 Å². The van der Waals surface area contributed by atoms with E-state index in [0.29, 0.717) is 36.6 Å². The van der Waals surface area contributed by atoms with Crippen LogP contribution in [0.5, 0.6) is 5.75 Å². The Morgan fingerprint density at radius 2 is 1.82 bits per heavy atom. The molecule has 186 valence electrons. The number of carbonyl (C=O) groups is 1. The zero-order chi connectivity index (χ0) is 24.6. The first-order chi connectivity index (χ1) is 16.3. The SMILES string of the molecule is CC(C)(Cc1cccc(CNC(=O)CC2CCCCC2)c1)NC[C@@H](O)c1ccc(O)c(CO)c1. The molecule has 34 heavy (non-hydrogen) atoms. The third-order valence-corrected chi connectivity index (χ3v) is 6.76. The second-order valence-corrected chi connectivity index (χ2v) is 10.3. The van der Waals surface area contributed by atoms with E-state index in [4.69, 9.17) is 0 Å². The van der Waals surface area contributed by atoms with E-state index in [1.165, 1.54) is 43.7 Å². The van der Waals surface area contributed by atoms with Crippen LogP contribution < -0.4 is 10.6 Å². The fourth-order valence-corrected chi connectivity index (χ4v) is 4.78. The van der Waals surface area contributed by atoms with Gasteiger partial charge in [-0.15, -0.1) is 0 Å². The molecule has 1 fully saturated rings. The molecule has 6 heteroatoms. The zero-order valence-electron chi connectivity index (χ0n) is 20.5. The van der Waals surface area contributed by atoms with Crippen LogP contribution in [0.3, 0.4) is 0 Å². The number of amides is 1. The summed E-state index contributed by atoms with van der Waals surface area (Å²) in [6, 6.07) is 13.1. The smallest absolute Gasteiger partial charge is 0.220 e. The van der Waals surface area contributed by atoms with E-state index in [1.807, 2.05) is 12.1 Å². The van der Waals surface area contributed by atoms with Gasteiger partial charge in [0.25, 0.3) is 0 Å². The average Bonchev–Trinajstić information content (AvgIpc) is 2.82. The minimum absolute atomic E-state index is 0.0248. The van der Waals surface area contributed by atoms with Crippen LogP contribution in [0.1, 0.15) is 80.7 Å². The van der Waals surface area contributed by atoms with Crippen molar-refractivity contribution in [2.75, 3.05) is 6.54 Å². The summed E-state index contributed by atoms with van der Waals surface area (Å²) in [5.74, 6) is 0.711. The van der Waals surface area contributed by atoms with Gasteiger partial charge in [-0.2, -0.15) is 0 Å². The molecule has 0 spiro atoms. The molecule has 0 radical (unpaired) electrons. The predicted molar refractivity (Wildman–Crippen MR) is 134 cm³/mol. The lowest BCUT2D eigenvalue weighted by Crippen LogP contribution is -2.43. The molecule has 1 amide bonds. The van der Waals surface area contributed by atoms with E-state index in [9.17, 15) is 20.1 Å². The summed E-state index contributed by atoms with van der Waals surface area (Å²) in [5, 5.41) is 36.1. The van der Waals surface area contributed by atoms with Gasteiger partial charge in [-0.25, -0.2) is 0 Å². The molecule has 0 saturated heterocycles. The molecule has 5 N–H and O–H groups in total. The topological polar surface area (TPSA) is 102 Å². The molecule has 1 atom stereocenters. The van der Waals surface area contributed by atoms with Gasteiger partial charge in [0.05, 0.1) is 12.7 Å². The van der Waals surface area contributed by atoms with Gasteiger partial charge in [0.1, 0.15) is 5.75 Å². The Labute approximate surface area is 203 Å². The lowest BCUT2D eigenvalue weighted by atomic mass is 9.87. The summed E-state index contributed by atoms with van der Waals surface area (Å²) in [6.07, 6.45) is 6.80. The van der Waals surface area contributed by atoms with Crippen molar-refractivity contribution in [3.63, 3.8) is 0 Å². The maximum Gasteiger partial charge on any atom is 0.220 e. The quantitative estimate of drug-likeness (QED) is 0.342. The highest BCUT2D eigenvalue weighted by molar-refractivity contribution is 5.76. The molecular weight excluding hydrogens is 428 g/mol. The summed E-state index contributed by atoms with van der Waals surface area (Å²) in [4.78, 5) is 12.4. The van der Waals surface area contributed by atoms with Crippen LogP contribution >= 0.6 is 0 Å². The molecule has 2 aromatic carbocycles. The van der Waals surface area contributed by atoms with E-state index in [-0.39, 0.29) is 23.8 Å². The highest BCUT2D eigenvalue weighted by atomic mass is 16.3. The lowest BCUT2D eigenvalue weighted by Gasteiger charge is -2.28. The monoisotopic (exact) mass is 468 g/mol. The standard InChI is InChI=1S/C28H40N2O4/c1-28(2,30-18-26(33)23-11-12-25(32)24(15-23)19-31)16-21-9-6-10-22(13-21)17-29-27(34)14-20-7-4-3-5-8-20/h6,9-13,15,20,26,30-33H,3-5,7-8,14,16-19H2,1-2H3,(H,29,34)/t26-/m1/s1. The Balaban J connectivity index is 1.49. The molecule has 1 aliphatic rings. The van der Waals surface area contributed by atoms with Crippen molar-refractivity contribution in [3.8, 4) is 5.75 Å². The number of rotatable bonds is 11. The number of aliphatic hydroxyl groups is 2. The molecule has 0 aromatic heterocycles. The number of benzene rings is 2. The van der Waals surface area contributed by atoms with Crippen molar-refractivity contribution in [1.82, 2.24) is 10.6 Å². The first-order valence-electron chi connectivity index (χ1n) is 12.5. The number of phenols is 1. The van der Waals surface area contributed by atoms with Crippen LogP contribution in [0.15, 0.2) is 42.5 Å². The number of carbonyl (C=O) groups excluding carboxylic acids is 1. The molecule has 1 saturated carbocycles. The first kappa shape index (κ1) is 26.2. The predicted octanol–water partition coefficient (Wildman–Crippen LogP) is 4.12. The van der Waals surface area contributed by atoms with Crippen LogP contribution in [0.4, 0.5) is 0 Å². The molecule has 3 rings (SSSR count). The van der Waals surface area contributed by atoms with Crippen LogP contribution in [0.2, 0.25) is 0 Å². The Kier molecular flexibility index (Phi) is 9.51. The highest BCUT2D eigenvalue weighted by Crippen LogP contribution is 2.26. The zero-order valence-corrected chi connectivity index (χ0v) is 20.5. The minimum atomic E-state index is -0.754. The Morgan fingerprint density at radius 1 is 1.09 bits per heavy atom. The van der Waals surface area contributed by atoms with E-state index in [1.54, 1.807) is 12.1 Å². The Morgan fingerprint density at radius 3 is 2.56 bits per heavy atom. The third-order valence-electron chi connectivity index (χ3n) is 6.76. The van der Waals surface area contributed by atoms with Crippen LogP contribution in [0.25, 0.3) is 0 Å². The number of β-amino-alcohol motifs (C(OH)–C–C–N with tert-alkyl or cyclic N) is 1. The van der Waals surface area contributed by atoms with Gasteiger partial charge in [-0.3, -0.25) is 4.79 Å². The van der Waals surface area contributed by atoms with Gasteiger partial charge in [0, 0.05) is 30.6 Å². The van der Waals surface area contributed by atoms with Gasteiger partial charge in [0.15, 0.2) is 0 Å². The molecule has 0 aliphatic heterocycles. The minimum Gasteiger partial charge on any atom is -0.508 e. The third kappa shape index (κ3) is 8.12. The van der Waals surface area contributed by atoms with Crippen LogP contribution in [-0.4, -0.2) is 33.3 Å². The lowest BCUT2D eigenvalue weighted by molar-refractivity contribution is -0.122. The molecule has 0 heterocycles. The first-order valence-corrected chi connectivity index (χ1v) is 12.5. The summed E-state index contributed by atoms with van der Waals surface area (Å²) in [7, 11) is 0. The van der Waals surface area contributed by atoms with Crippen molar-refractivity contribution in [2.24, 2.45) is 5.92 Å².